The Kier molecular flexibility index (Phi) is 7.97. The molecule has 216 valence electrons. The van der Waals surface area contributed by atoms with Crippen molar-refractivity contribution in [3.8, 4) is 5.88 Å². The van der Waals surface area contributed by atoms with Crippen LogP contribution in [0.25, 0.3) is 0 Å². The number of amides is 1. The lowest BCUT2D eigenvalue weighted by Crippen LogP contribution is -2.49. The lowest BCUT2D eigenvalue weighted by atomic mass is 9.72. The molecular formula is C33H45N3O4. The molecule has 0 spiro atoms. The van der Waals surface area contributed by atoms with Crippen LogP contribution in [0, 0.1) is 17.3 Å². The molecule has 1 aromatic carbocycles. The first-order valence-electron chi connectivity index (χ1n) is 14.9. The van der Waals surface area contributed by atoms with Crippen LogP contribution in [0.1, 0.15) is 95.4 Å². The Labute approximate surface area is 238 Å². The normalized spacial score (nSPS) is 26.5. The molecule has 1 saturated heterocycles. The molecular weight excluding hydrogens is 502 g/mol. The van der Waals surface area contributed by atoms with Gasteiger partial charge in [-0.15, -0.1) is 0 Å². The second-order valence-electron chi connectivity index (χ2n) is 13.5. The van der Waals surface area contributed by atoms with Crippen molar-refractivity contribution in [2.45, 2.75) is 103 Å². The maximum absolute atomic E-state index is 14.3. The third-order valence-electron chi connectivity index (χ3n) is 9.61. The Bertz CT molecular complexity index is 1210. The van der Waals surface area contributed by atoms with E-state index in [-0.39, 0.29) is 34.6 Å². The predicted molar refractivity (Wildman–Crippen MR) is 155 cm³/mol. The van der Waals surface area contributed by atoms with Crippen LogP contribution < -0.4 is 10.1 Å². The zero-order chi connectivity index (χ0) is 28.7. The summed E-state index contributed by atoms with van der Waals surface area (Å²) in [7, 11) is 1.63. The van der Waals surface area contributed by atoms with Crippen LogP contribution in [0.5, 0.6) is 5.88 Å². The second kappa shape index (κ2) is 11.2. The van der Waals surface area contributed by atoms with E-state index in [0.717, 1.165) is 56.1 Å². The summed E-state index contributed by atoms with van der Waals surface area (Å²) in [6, 6.07) is 10.6. The molecule has 7 heteroatoms. The van der Waals surface area contributed by atoms with Crippen LogP contribution in [0.15, 0.2) is 42.6 Å². The molecule has 1 aromatic heterocycles. The number of hydrogen-bond acceptors (Lipinski definition) is 5. The molecule has 40 heavy (non-hydrogen) atoms. The molecule has 2 N–H and O–H groups in total. The van der Waals surface area contributed by atoms with E-state index in [1.54, 1.807) is 12.0 Å². The van der Waals surface area contributed by atoms with Gasteiger partial charge in [-0.3, -0.25) is 4.79 Å². The largest absolute Gasteiger partial charge is 0.481 e. The number of likely N-dealkylation sites (tertiary alicyclic amines) is 1. The van der Waals surface area contributed by atoms with Gasteiger partial charge in [0.25, 0.3) is 0 Å². The summed E-state index contributed by atoms with van der Waals surface area (Å²) in [5.41, 5.74) is 2.92. The molecule has 2 saturated carbocycles. The number of benzene rings is 1. The minimum absolute atomic E-state index is 0.0117. The van der Waals surface area contributed by atoms with E-state index in [1.165, 1.54) is 5.56 Å². The monoisotopic (exact) mass is 547 g/mol. The predicted octanol–water partition coefficient (Wildman–Crippen LogP) is 5.88. The van der Waals surface area contributed by atoms with Gasteiger partial charge in [-0.05, 0) is 53.7 Å². The molecule has 1 aliphatic heterocycles. The lowest BCUT2D eigenvalue weighted by molar-refractivity contribution is -0.154. The first-order chi connectivity index (χ1) is 19.0. The molecule has 3 fully saturated rings. The van der Waals surface area contributed by atoms with E-state index in [0.29, 0.717) is 12.4 Å². The zero-order valence-electron chi connectivity index (χ0n) is 24.7. The molecule has 2 heterocycles. The SMILES string of the molecule is COc1ncc(C2(C)CC2)cc1CN[C@H]1[C@H](C(C)(C)C)[C@@H](C(=O)O)N(C(=O)C2CCCCC2)[C@H]1c1ccccc1. The van der Waals surface area contributed by atoms with Gasteiger partial charge in [0.1, 0.15) is 6.04 Å². The Morgan fingerprint density at radius 1 is 1.12 bits per heavy atom. The van der Waals surface area contributed by atoms with Crippen molar-refractivity contribution in [2.24, 2.45) is 17.3 Å². The zero-order valence-corrected chi connectivity index (χ0v) is 24.7. The number of nitrogens with zero attached hydrogens (tertiary/aromatic N) is 2. The number of aromatic nitrogens is 1. The molecule has 4 atom stereocenters. The van der Waals surface area contributed by atoms with E-state index in [2.05, 4.69) is 44.1 Å². The van der Waals surface area contributed by atoms with E-state index in [4.69, 9.17) is 4.74 Å². The van der Waals surface area contributed by atoms with Crippen LogP contribution in [0.2, 0.25) is 0 Å². The van der Waals surface area contributed by atoms with E-state index >= 15 is 0 Å². The van der Waals surface area contributed by atoms with Gasteiger partial charge in [0.05, 0.1) is 13.2 Å². The standard InChI is InChI=1S/C33H45N3O4/c1-32(2,3)25-26(34-19-23-18-24(33(4)16-17-33)20-35-29(23)40-5)27(21-12-8-6-9-13-21)36(28(25)31(38)39)30(37)22-14-10-7-11-15-22/h6,8-9,12-13,18,20,22,25-28,34H,7,10-11,14-17,19H2,1-5H3,(H,38,39)/t25-,26-,27-,28-/m0/s1. The van der Waals surface area contributed by atoms with Gasteiger partial charge in [0.2, 0.25) is 11.8 Å². The molecule has 0 unspecified atom stereocenters. The number of carboxylic acid groups (broad SMARTS) is 1. The van der Waals surface area contributed by atoms with Crippen molar-refractivity contribution in [1.82, 2.24) is 15.2 Å². The van der Waals surface area contributed by atoms with Crippen molar-refractivity contribution in [1.29, 1.82) is 0 Å². The molecule has 0 bridgehead atoms. The van der Waals surface area contributed by atoms with Crippen molar-refractivity contribution < 1.29 is 19.4 Å². The number of hydrogen-bond donors (Lipinski definition) is 2. The first-order valence-corrected chi connectivity index (χ1v) is 14.9. The maximum atomic E-state index is 14.3. The molecule has 0 radical (unpaired) electrons. The Balaban J connectivity index is 1.57. The number of rotatable bonds is 8. The van der Waals surface area contributed by atoms with E-state index in [1.807, 2.05) is 36.5 Å². The minimum Gasteiger partial charge on any atom is -0.481 e. The van der Waals surface area contributed by atoms with Gasteiger partial charge in [0, 0.05) is 36.2 Å². The summed E-state index contributed by atoms with van der Waals surface area (Å²) in [4.78, 5) is 33.7. The molecule has 7 nitrogen and oxygen atoms in total. The van der Waals surface area contributed by atoms with Gasteiger partial charge in [-0.25, -0.2) is 9.78 Å². The summed E-state index contributed by atoms with van der Waals surface area (Å²) in [6.45, 7) is 9.01. The number of methoxy groups -OCH3 is 1. The number of carbonyl (C=O) groups excluding carboxylic acids is 1. The van der Waals surface area contributed by atoms with Gasteiger partial charge < -0.3 is 20.1 Å². The summed E-state index contributed by atoms with van der Waals surface area (Å²) >= 11 is 0. The smallest absolute Gasteiger partial charge is 0.326 e. The Hall–Kier alpha value is -2.93. The Morgan fingerprint density at radius 3 is 2.38 bits per heavy atom. The van der Waals surface area contributed by atoms with Crippen LogP contribution in [-0.4, -0.2) is 46.1 Å². The second-order valence-corrected chi connectivity index (χ2v) is 13.5. The average Bonchev–Trinajstić information content (AvgIpc) is 3.59. The van der Waals surface area contributed by atoms with E-state index in [9.17, 15) is 14.7 Å². The fourth-order valence-corrected chi connectivity index (χ4v) is 7.13. The van der Waals surface area contributed by atoms with Gasteiger partial charge in [-0.2, -0.15) is 0 Å². The molecule has 1 amide bonds. The number of pyridine rings is 1. The molecule has 2 aromatic rings. The van der Waals surface area contributed by atoms with Gasteiger partial charge in [0.15, 0.2) is 0 Å². The third-order valence-corrected chi connectivity index (χ3v) is 9.61. The highest BCUT2D eigenvalue weighted by Gasteiger charge is 2.58. The highest BCUT2D eigenvalue weighted by molar-refractivity contribution is 5.87. The van der Waals surface area contributed by atoms with Crippen molar-refractivity contribution in [3.05, 3.63) is 59.3 Å². The minimum atomic E-state index is -0.933. The summed E-state index contributed by atoms with van der Waals surface area (Å²) in [5, 5.41) is 14.5. The average molecular weight is 548 g/mol. The fraction of sp³-hybridized carbons (Fsp3) is 0.606. The molecule has 3 aliphatic rings. The summed E-state index contributed by atoms with van der Waals surface area (Å²) in [6.07, 6.45) is 9.05. The third kappa shape index (κ3) is 5.50. The molecule has 2 aliphatic carbocycles. The van der Waals surface area contributed by atoms with Crippen LogP contribution >= 0.6 is 0 Å². The number of aliphatic carboxylic acids is 1. The fourth-order valence-electron chi connectivity index (χ4n) is 7.13. The highest BCUT2D eigenvalue weighted by Crippen LogP contribution is 2.50. The summed E-state index contributed by atoms with van der Waals surface area (Å²) in [5.74, 6) is -0.807. The molecule has 5 rings (SSSR count). The number of carbonyl (C=O) groups is 2. The Morgan fingerprint density at radius 2 is 1.80 bits per heavy atom. The van der Waals surface area contributed by atoms with Crippen molar-refractivity contribution >= 4 is 11.9 Å². The summed E-state index contributed by atoms with van der Waals surface area (Å²) < 4.78 is 5.64. The van der Waals surface area contributed by atoms with Crippen LogP contribution in [0.4, 0.5) is 0 Å². The topological polar surface area (TPSA) is 91.8 Å². The maximum Gasteiger partial charge on any atom is 0.326 e. The lowest BCUT2D eigenvalue weighted by Gasteiger charge is -2.36. The number of ether oxygens (including phenoxy) is 1. The number of carboxylic acids is 1. The van der Waals surface area contributed by atoms with Gasteiger partial charge >= 0.3 is 5.97 Å². The highest BCUT2D eigenvalue weighted by atomic mass is 16.5. The van der Waals surface area contributed by atoms with Crippen LogP contribution in [-0.2, 0) is 21.5 Å². The quantitative estimate of drug-likeness (QED) is 0.429. The van der Waals surface area contributed by atoms with Crippen molar-refractivity contribution in [3.63, 3.8) is 0 Å². The van der Waals surface area contributed by atoms with Gasteiger partial charge in [-0.1, -0.05) is 77.3 Å². The van der Waals surface area contributed by atoms with Crippen molar-refractivity contribution in [2.75, 3.05) is 7.11 Å². The first kappa shape index (κ1) is 28.6. The van der Waals surface area contributed by atoms with E-state index < -0.39 is 18.1 Å². The number of nitrogens with one attached hydrogen (secondary N) is 1. The van der Waals surface area contributed by atoms with Crippen LogP contribution in [0.3, 0.4) is 0 Å².